The number of nitrogens with zero attached hydrogens (tertiary/aromatic N) is 1. The first kappa shape index (κ1) is 11.9. The maximum atomic E-state index is 5.41. The molecule has 0 bridgehead atoms. The van der Waals surface area contributed by atoms with Gasteiger partial charge in [0.15, 0.2) is 0 Å². The zero-order chi connectivity index (χ0) is 9.23. The van der Waals surface area contributed by atoms with Crippen LogP contribution < -0.4 is 5.32 Å². The molecule has 0 aliphatic rings. The molecule has 0 aromatic carbocycles. The summed E-state index contributed by atoms with van der Waals surface area (Å²) in [5.41, 5.74) is 0. The second kappa shape index (κ2) is 8.97. The topological polar surface area (TPSA) is 24.5 Å². The first-order chi connectivity index (χ1) is 5.77. The Morgan fingerprint density at radius 2 is 2.00 bits per heavy atom. The number of hydrogen-bond acceptors (Lipinski definition) is 3. The van der Waals surface area contributed by atoms with Crippen molar-refractivity contribution in [3.8, 4) is 0 Å². The van der Waals surface area contributed by atoms with Crippen molar-refractivity contribution in [2.45, 2.75) is 13.3 Å². The Labute approximate surface area is 76.1 Å². The molecule has 74 valence electrons. The molecule has 0 saturated carbocycles. The van der Waals surface area contributed by atoms with E-state index in [2.05, 4.69) is 31.2 Å². The lowest BCUT2D eigenvalue weighted by molar-refractivity contribution is 0.115. The Morgan fingerprint density at radius 1 is 1.25 bits per heavy atom. The van der Waals surface area contributed by atoms with Crippen molar-refractivity contribution < 1.29 is 4.74 Å². The summed E-state index contributed by atoms with van der Waals surface area (Å²) in [6.07, 6.45) is 1.11. The second-order valence-electron chi connectivity index (χ2n) is 3.12. The molecule has 0 aliphatic heterocycles. The van der Waals surface area contributed by atoms with Crippen LogP contribution in [0.15, 0.2) is 0 Å². The highest BCUT2D eigenvalue weighted by molar-refractivity contribution is 4.44. The van der Waals surface area contributed by atoms with E-state index in [9.17, 15) is 0 Å². The molecule has 0 fully saturated rings. The SMILES string of the molecule is CCNCCCOCCN(C)C. The summed E-state index contributed by atoms with van der Waals surface area (Å²) in [7, 11) is 4.12. The van der Waals surface area contributed by atoms with Gasteiger partial charge in [0.2, 0.25) is 0 Å². The molecule has 0 spiro atoms. The summed E-state index contributed by atoms with van der Waals surface area (Å²) < 4.78 is 5.41. The summed E-state index contributed by atoms with van der Waals surface area (Å²) in [6, 6.07) is 0. The molecule has 12 heavy (non-hydrogen) atoms. The minimum Gasteiger partial charge on any atom is -0.380 e. The molecule has 0 aromatic rings. The van der Waals surface area contributed by atoms with E-state index in [0.717, 1.165) is 39.3 Å². The van der Waals surface area contributed by atoms with Crippen molar-refractivity contribution in [3.05, 3.63) is 0 Å². The van der Waals surface area contributed by atoms with Crippen LogP contribution in [0.25, 0.3) is 0 Å². The fraction of sp³-hybridized carbons (Fsp3) is 1.00. The molecule has 1 N–H and O–H groups in total. The van der Waals surface area contributed by atoms with Crippen molar-refractivity contribution in [1.82, 2.24) is 10.2 Å². The first-order valence-electron chi connectivity index (χ1n) is 4.70. The van der Waals surface area contributed by atoms with Crippen LogP contribution in [-0.4, -0.2) is 51.8 Å². The molecule has 3 heteroatoms. The molecule has 0 saturated heterocycles. The van der Waals surface area contributed by atoms with Crippen LogP contribution >= 0.6 is 0 Å². The fourth-order valence-corrected chi connectivity index (χ4v) is 0.825. The predicted octanol–water partition coefficient (Wildman–Crippen LogP) is 0.564. The molecule has 0 atom stereocenters. The van der Waals surface area contributed by atoms with Gasteiger partial charge in [-0.2, -0.15) is 0 Å². The van der Waals surface area contributed by atoms with Crippen LogP contribution in [0.4, 0.5) is 0 Å². The third-order valence-corrected chi connectivity index (χ3v) is 1.58. The highest BCUT2D eigenvalue weighted by Crippen LogP contribution is 1.82. The standard InChI is InChI=1S/C9H22N2O/c1-4-10-6-5-8-12-9-7-11(2)3/h10H,4-9H2,1-3H3. The van der Waals surface area contributed by atoms with E-state index in [1.165, 1.54) is 0 Å². The third-order valence-electron chi connectivity index (χ3n) is 1.58. The summed E-state index contributed by atoms with van der Waals surface area (Å²) in [5, 5.41) is 3.26. The quantitative estimate of drug-likeness (QED) is 0.544. The van der Waals surface area contributed by atoms with Crippen molar-refractivity contribution >= 4 is 0 Å². The van der Waals surface area contributed by atoms with Crippen molar-refractivity contribution in [1.29, 1.82) is 0 Å². The number of ether oxygens (including phenoxy) is 1. The van der Waals surface area contributed by atoms with Gasteiger partial charge >= 0.3 is 0 Å². The molecule has 0 amide bonds. The van der Waals surface area contributed by atoms with Crippen LogP contribution in [0.1, 0.15) is 13.3 Å². The average Bonchev–Trinajstić information content (AvgIpc) is 2.02. The fourth-order valence-electron chi connectivity index (χ4n) is 0.825. The van der Waals surface area contributed by atoms with Crippen molar-refractivity contribution in [2.24, 2.45) is 0 Å². The average molecular weight is 174 g/mol. The van der Waals surface area contributed by atoms with Crippen molar-refractivity contribution in [2.75, 3.05) is 46.9 Å². The lowest BCUT2D eigenvalue weighted by Gasteiger charge is -2.09. The molecule has 0 rings (SSSR count). The third kappa shape index (κ3) is 9.88. The Bertz CT molecular complexity index is 86.6. The van der Waals surface area contributed by atoms with Crippen LogP contribution in [-0.2, 0) is 4.74 Å². The minimum atomic E-state index is 0.846. The van der Waals surface area contributed by atoms with Gasteiger partial charge in [0.1, 0.15) is 0 Å². The predicted molar refractivity (Wildman–Crippen MR) is 52.5 cm³/mol. The summed E-state index contributed by atoms with van der Waals surface area (Å²) in [6.45, 7) is 6.98. The van der Waals surface area contributed by atoms with Gasteiger partial charge < -0.3 is 15.0 Å². The van der Waals surface area contributed by atoms with E-state index in [1.54, 1.807) is 0 Å². The van der Waals surface area contributed by atoms with E-state index in [1.807, 2.05) is 0 Å². The zero-order valence-electron chi connectivity index (χ0n) is 8.60. The second-order valence-corrected chi connectivity index (χ2v) is 3.12. The molecule has 0 unspecified atom stereocenters. The summed E-state index contributed by atoms with van der Waals surface area (Å²) in [4.78, 5) is 2.13. The summed E-state index contributed by atoms with van der Waals surface area (Å²) in [5.74, 6) is 0. The zero-order valence-corrected chi connectivity index (χ0v) is 8.60. The van der Waals surface area contributed by atoms with Crippen LogP contribution in [0.2, 0.25) is 0 Å². The van der Waals surface area contributed by atoms with E-state index < -0.39 is 0 Å². The lowest BCUT2D eigenvalue weighted by atomic mass is 10.4. The number of hydrogen-bond donors (Lipinski definition) is 1. The van der Waals surface area contributed by atoms with E-state index in [-0.39, 0.29) is 0 Å². The van der Waals surface area contributed by atoms with Gasteiger partial charge in [-0.3, -0.25) is 0 Å². The monoisotopic (exact) mass is 174 g/mol. The molecule has 0 heterocycles. The van der Waals surface area contributed by atoms with Gasteiger partial charge in [0.05, 0.1) is 6.61 Å². The van der Waals surface area contributed by atoms with Gasteiger partial charge in [-0.1, -0.05) is 6.92 Å². The maximum absolute atomic E-state index is 5.41. The van der Waals surface area contributed by atoms with Gasteiger partial charge in [-0.05, 0) is 33.6 Å². The van der Waals surface area contributed by atoms with Crippen LogP contribution in [0, 0.1) is 0 Å². The van der Waals surface area contributed by atoms with Gasteiger partial charge in [0.25, 0.3) is 0 Å². The van der Waals surface area contributed by atoms with E-state index >= 15 is 0 Å². The smallest absolute Gasteiger partial charge is 0.0593 e. The van der Waals surface area contributed by atoms with E-state index in [4.69, 9.17) is 4.74 Å². The Balaban J connectivity index is 2.82. The van der Waals surface area contributed by atoms with E-state index in [0.29, 0.717) is 0 Å². The number of nitrogens with one attached hydrogen (secondary N) is 1. The van der Waals surface area contributed by atoms with Gasteiger partial charge in [-0.25, -0.2) is 0 Å². The highest BCUT2D eigenvalue weighted by Gasteiger charge is 1.90. The Kier molecular flexibility index (Phi) is 8.88. The molecule has 0 aromatic heterocycles. The van der Waals surface area contributed by atoms with Gasteiger partial charge in [0, 0.05) is 13.2 Å². The lowest BCUT2D eigenvalue weighted by Crippen LogP contribution is -2.20. The Hall–Kier alpha value is -0.120. The first-order valence-corrected chi connectivity index (χ1v) is 4.70. The molecule has 3 nitrogen and oxygen atoms in total. The number of likely N-dealkylation sites (N-methyl/N-ethyl adjacent to an activating group) is 1. The maximum Gasteiger partial charge on any atom is 0.0593 e. The molecule has 0 radical (unpaired) electrons. The number of rotatable bonds is 8. The van der Waals surface area contributed by atoms with Crippen LogP contribution in [0.5, 0.6) is 0 Å². The summed E-state index contributed by atoms with van der Waals surface area (Å²) >= 11 is 0. The largest absolute Gasteiger partial charge is 0.380 e. The van der Waals surface area contributed by atoms with Crippen molar-refractivity contribution in [3.63, 3.8) is 0 Å². The van der Waals surface area contributed by atoms with Gasteiger partial charge in [-0.15, -0.1) is 0 Å². The highest BCUT2D eigenvalue weighted by atomic mass is 16.5. The minimum absolute atomic E-state index is 0.846. The Morgan fingerprint density at radius 3 is 2.58 bits per heavy atom. The molecular weight excluding hydrogens is 152 g/mol. The normalized spacial score (nSPS) is 11.0. The molecular formula is C9H22N2O. The van der Waals surface area contributed by atoms with Crippen LogP contribution in [0.3, 0.4) is 0 Å². The molecule has 0 aliphatic carbocycles.